The Hall–Kier alpha value is -2.92. The quantitative estimate of drug-likeness (QED) is 0.548. The molecule has 0 amide bonds. The minimum absolute atomic E-state index is 0.170. The van der Waals surface area contributed by atoms with E-state index in [1.807, 2.05) is 42.5 Å². The van der Waals surface area contributed by atoms with Crippen LogP contribution in [-0.2, 0) is 6.61 Å². The van der Waals surface area contributed by atoms with E-state index in [-0.39, 0.29) is 6.61 Å². The summed E-state index contributed by atoms with van der Waals surface area (Å²) >= 11 is 5.98. The van der Waals surface area contributed by atoms with E-state index in [9.17, 15) is 0 Å². The highest BCUT2D eigenvalue weighted by molar-refractivity contribution is 6.30. The highest BCUT2D eigenvalue weighted by Gasteiger charge is 2.10. The molecular formula is C18H12ClN3O2. The summed E-state index contributed by atoms with van der Waals surface area (Å²) in [7, 11) is 0. The molecule has 5 nitrogen and oxygen atoms in total. The highest BCUT2D eigenvalue weighted by atomic mass is 35.5. The zero-order valence-corrected chi connectivity index (χ0v) is 13.3. The standard InChI is InChI=1S/C18H12ClN3O2/c19-14-7-1-5-13(10-14)18-22-21-16(24-18)11-23-15-8-2-4-12-6-3-9-20-17(12)15/h1-10H,11H2. The molecule has 24 heavy (non-hydrogen) atoms. The first-order valence-electron chi connectivity index (χ1n) is 7.34. The third-order valence-corrected chi connectivity index (χ3v) is 3.72. The Morgan fingerprint density at radius 1 is 1.00 bits per heavy atom. The lowest BCUT2D eigenvalue weighted by atomic mass is 10.2. The van der Waals surface area contributed by atoms with E-state index in [0.29, 0.717) is 22.6 Å². The molecule has 0 fully saturated rings. The van der Waals surface area contributed by atoms with E-state index in [4.69, 9.17) is 20.8 Å². The second-order valence-electron chi connectivity index (χ2n) is 5.13. The number of rotatable bonds is 4. The number of benzene rings is 2. The topological polar surface area (TPSA) is 61.0 Å². The van der Waals surface area contributed by atoms with Gasteiger partial charge in [0.15, 0.2) is 6.61 Å². The minimum Gasteiger partial charge on any atom is -0.482 e. The largest absolute Gasteiger partial charge is 0.482 e. The fraction of sp³-hybridized carbons (Fsp3) is 0.0556. The second-order valence-corrected chi connectivity index (χ2v) is 5.57. The molecular weight excluding hydrogens is 326 g/mol. The van der Waals surface area contributed by atoms with Crippen molar-refractivity contribution in [3.8, 4) is 17.2 Å². The molecule has 2 heterocycles. The Balaban J connectivity index is 1.54. The van der Waals surface area contributed by atoms with E-state index in [2.05, 4.69) is 15.2 Å². The van der Waals surface area contributed by atoms with Gasteiger partial charge >= 0.3 is 0 Å². The predicted molar refractivity (Wildman–Crippen MR) is 90.8 cm³/mol. The maximum atomic E-state index is 5.98. The SMILES string of the molecule is Clc1cccc(-c2nnc(COc3cccc4cccnc34)o2)c1. The van der Waals surface area contributed by atoms with Gasteiger partial charge in [-0.05, 0) is 30.3 Å². The predicted octanol–water partition coefficient (Wildman–Crippen LogP) is 4.52. The minimum atomic E-state index is 0.170. The summed E-state index contributed by atoms with van der Waals surface area (Å²) in [6.45, 7) is 0.170. The normalized spacial score (nSPS) is 10.9. The molecule has 0 aliphatic carbocycles. The van der Waals surface area contributed by atoms with Gasteiger partial charge in [-0.15, -0.1) is 10.2 Å². The summed E-state index contributed by atoms with van der Waals surface area (Å²) in [5.41, 5.74) is 1.57. The number of halogens is 1. The van der Waals surface area contributed by atoms with Crippen LogP contribution in [0.15, 0.2) is 65.2 Å². The van der Waals surface area contributed by atoms with Crippen LogP contribution in [0.25, 0.3) is 22.4 Å². The Morgan fingerprint density at radius 2 is 1.88 bits per heavy atom. The number of fused-ring (bicyclic) bond motifs is 1. The van der Waals surface area contributed by atoms with Crippen molar-refractivity contribution in [2.45, 2.75) is 6.61 Å². The van der Waals surface area contributed by atoms with Crippen LogP contribution in [0, 0.1) is 0 Å². The second kappa shape index (κ2) is 6.29. The van der Waals surface area contributed by atoms with Crippen LogP contribution in [0.3, 0.4) is 0 Å². The van der Waals surface area contributed by atoms with E-state index in [1.54, 1.807) is 18.3 Å². The molecule has 0 saturated heterocycles. The van der Waals surface area contributed by atoms with Gasteiger partial charge in [0.25, 0.3) is 5.89 Å². The molecule has 0 unspecified atom stereocenters. The lowest BCUT2D eigenvalue weighted by Crippen LogP contribution is -1.97. The highest BCUT2D eigenvalue weighted by Crippen LogP contribution is 2.25. The van der Waals surface area contributed by atoms with Crippen molar-refractivity contribution in [2.75, 3.05) is 0 Å². The van der Waals surface area contributed by atoms with E-state index < -0.39 is 0 Å². The number of ether oxygens (including phenoxy) is 1. The zero-order chi connectivity index (χ0) is 16.4. The van der Waals surface area contributed by atoms with Gasteiger partial charge in [-0.2, -0.15) is 0 Å². The van der Waals surface area contributed by atoms with Crippen molar-refractivity contribution in [1.29, 1.82) is 0 Å². The van der Waals surface area contributed by atoms with Gasteiger partial charge in [0.1, 0.15) is 11.3 Å². The van der Waals surface area contributed by atoms with E-state index in [1.165, 1.54) is 0 Å². The molecule has 0 spiro atoms. The summed E-state index contributed by atoms with van der Waals surface area (Å²) in [4.78, 5) is 4.35. The first-order chi connectivity index (χ1) is 11.8. The van der Waals surface area contributed by atoms with Crippen LogP contribution in [0.1, 0.15) is 5.89 Å². The molecule has 0 N–H and O–H groups in total. The lowest BCUT2D eigenvalue weighted by Gasteiger charge is -2.06. The lowest BCUT2D eigenvalue weighted by molar-refractivity contribution is 0.267. The monoisotopic (exact) mass is 337 g/mol. The van der Waals surface area contributed by atoms with Crippen LogP contribution in [-0.4, -0.2) is 15.2 Å². The molecule has 0 aliphatic heterocycles. The van der Waals surface area contributed by atoms with Gasteiger partial charge in [-0.25, -0.2) is 0 Å². The van der Waals surface area contributed by atoms with Crippen LogP contribution >= 0.6 is 11.6 Å². The third kappa shape index (κ3) is 2.94. The van der Waals surface area contributed by atoms with Crippen molar-refractivity contribution in [2.24, 2.45) is 0 Å². The first kappa shape index (κ1) is 14.7. The van der Waals surface area contributed by atoms with Crippen LogP contribution < -0.4 is 4.74 Å². The average molecular weight is 338 g/mol. The molecule has 2 aromatic carbocycles. The number of pyridine rings is 1. The van der Waals surface area contributed by atoms with Gasteiger partial charge in [-0.3, -0.25) is 4.98 Å². The fourth-order valence-corrected chi connectivity index (χ4v) is 2.57. The Bertz CT molecular complexity index is 995. The third-order valence-electron chi connectivity index (χ3n) is 3.49. The van der Waals surface area contributed by atoms with Crippen molar-refractivity contribution in [3.63, 3.8) is 0 Å². The molecule has 0 atom stereocenters. The van der Waals surface area contributed by atoms with Gasteiger partial charge in [0, 0.05) is 22.2 Å². The van der Waals surface area contributed by atoms with Crippen LogP contribution in [0.5, 0.6) is 5.75 Å². The maximum absolute atomic E-state index is 5.98. The number of aromatic nitrogens is 3. The summed E-state index contributed by atoms with van der Waals surface area (Å²) in [5, 5.41) is 9.67. The molecule has 4 aromatic rings. The summed E-state index contributed by atoms with van der Waals surface area (Å²) in [5.74, 6) is 1.47. The van der Waals surface area contributed by atoms with Crippen molar-refractivity contribution >= 4 is 22.5 Å². The Morgan fingerprint density at radius 3 is 2.79 bits per heavy atom. The average Bonchev–Trinajstić information content (AvgIpc) is 3.09. The molecule has 0 saturated carbocycles. The van der Waals surface area contributed by atoms with Crippen LogP contribution in [0.2, 0.25) is 5.02 Å². The fourth-order valence-electron chi connectivity index (χ4n) is 2.38. The molecule has 0 radical (unpaired) electrons. The van der Waals surface area contributed by atoms with Crippen molar-refractivity contribution in [3.05, 3.63) is 71.7 Å². The smallest absolute Gasteiger partial charge is 0.254 e. The Kier molecular flexibility index (Phi) is 3.84. The van der Waals surface area contributed by atoms with Gasteiger partial charge in [0.2, 0.25) is 5.89 Å². The number of hydrogen-bond acceptors (Lipinski definition) is 5. The Labute approximate surface area is 142 Å². The first-order valence-corrected chi connectivity index (χ1v) is 7.72. The van der Waals surface area contributed by atoms with Crippen LogP contribution in [0.4, 0.5) is 0 Å². The van der Waals surface area contributed by atoms with Gasteiger partial charge in [0.05, 0.1) is 0 Å². The molecule has 4 rings (SSSR count). The summed E-state index contributed by atoms with van der Waals surface area (Å²) < 4.78 is 11.4. The van der Waals surface area contributed by atoms with Gasteiger partial charge in [-0.1, -0.05) is 35.9 Å². The maximum Gasteiger partial charge on any atom is 0.254 e. The molecule has 0 aliphatic rings. The molecule has 2 aromatic heterocycles. The van der Waals surface area contributed by atoms with Crippen molar-refractivity contribution < 1.29 is 9.15 Å². The number of nitrogens with zero attached hydrogens (tertiary/aromatic N) is 3. The number of para-hydroxylation sites is 1. The number of hydrogen-bond donors (Lipinski definition) is 0. The van der Waals surface area contributed by atoms with E-state index in [0.717, 1.165) is 16.5 Å². The molecule has 0 bridgehead atoms. The van der Waals surface area contributed by atoms with E-state index >= 15 is 0 Å². The summed E-state index contributed by atoms with van der Waals surface area (Å²) in [6, 6.07) is 16.9. The summed E-state index contributed by atoms with van der Waals surface area (Å²) in [6.07, 6.45) is 1.74. The van der Waals surface area contributed by atoms with Gasteiger partial charge < -0.3 is 9.15 Å². The van der Waals surface area contributed by atoms with Crippen molar-refractivity contribution in [1.82, 2.24) is 15.2 Å². The zero-order valence-electron chi connectivity index (χ0n) is 12.5. The molecule has 118 valence electrons. The molecule has 6 heteroatoms.